The van der Waals surface area contributed by atoms with Gasteiger partial charge in [0.25, 0.3) is 10.2 Å². The van der Waals surface area contributed by atoms with Crippen LogP contribution in [0, 0.1) is 5.92 Å². The molecule has 1 heterocycles. The van der Waals surface area contributed by atoms with Crippen molar-refractivity contribution in [2.75, 3.05) is 31.1 Å². The molecule has 128 valence electrons. The van der Waals surface area contributed by atoms with E-state index in [2.05, 4.69) is 4.72 Å². The van der Waals surface area contributed by atoms with Crippen molar-refractivity contribution in [1.82, 2.24) is 9.03 Å². The number of nitrogens with zero attached hydrogens (tertiary/aromatic N) is 2. The number of anilines is 1. The second-order valence-corrected chi connectivity index (χ2v) is 7.68. The largest absolute Gasteiger partial charge is 0.312 e. The molecule has 8 heteroatoms. The lowest BCUT2D eigenvalue weighted by molar-refractivity contribution is -0.117. The van der Waals surface area contributed by atoms with Gasteiger partial charge in [-0.05, 0) is 30.2 Å². The zero-order valence-corrected chi connectivity index (χ0v) is 14.9. The van der Waals surface area contributed by atoms with Gasteiger partial charge in [-0.1, -0.05) is 25.4 Å². The van der Waals surface area contributed by atoms with Gasteiger partial charge < -0.3 is 4.90 Å². The molecule has 1 aromatic carbocycles. The molecule has 23 heavy (non-hydrogen) atoms. The van der Waals surface area contributed by atoms with Crippen molar-refractivity contribution >= 4 is 33.4 Å². The zero-order valence-electron chi connectivity index (χ0n) is 13.3. The molecule has 0 spiro atoms. The third kappa shape index (κ3) is 4.44. The van der Waals surface area contributed by atoms with E-state index in [4.69, 9.17) is 11.6 Å². The van der Waals surface area contributed by atoms with E-state index in [9.17, 15) is 13.2 Å². The number of nitrogens with one attached hydrogen (secondary N) is 1. The fraction of sp³-hybridized carbons (Fsp3) is 0.533. The van der Waals surface area contributed by atoms with Crippen LogP contribution in [0.15, 0.2) is 24.3 Å². The summed E-state index contributed by atoms with van der Waals surface area (Å²) in [4.78, 5) is 13.8. The van der Waals surface area contributed by atoms with Crippen molar-refractivity contribution in [3.8, 4) is 0 Å². The van der Waals surface area contributed by atoms with Crippen molar-refractivity contribution in [1.29, 1.82) is 0 Å². The van der Waals surface area contributed by atoms with E-state index < -0.39 is 10.2 Å². The Balaban J connectivity index is 1.97. The van der Waals surface area contributed by atoms with E-state index in [0.717, 1.165) is 5.69 Å². The van der Waals surface area contributed by atoms with Gasteiger partial charge in [-0.25, -0.2) is 4.72 Å². The molecule has 1 aliphatic rings. The Labute approximate surface area is 142 Å². The second kappa shape index (κ2) is 7.61. The van der Waals surface area contributed by atoms with E-state index in [1.807, 2.05) is 0 Å². The van der Waals surface area contributed by atoms with Gasteiger partial charge in [-0.3, -0.25) is 4.79 Å². The maximum Gasteiger partial charge on any atom is 0.279 e. The first-order valence-corrected chi connectivity index (χ1v) is 9.49. The number of rotatable bonds is 7. The molecule has 1 aromatic rings. The molecule has 0 aromatic heterocycles. The minimum atomic E-state index is -3.48. The van der Waals surface area contributed by atoms with Crippen LogP contribution in [0.3, 0.4) is 0 Å². The molecule has 1 amide bonds. The summed E-state index contributed by atoms with van der Waals surface area (Å²) in [6.45, 7) is 5.20. The molecule has 2 rings (SSSR count). The van der Waals surface area contributed by atoms with Crippen LogP contribution in [0.25, 0.3) is 0 Å². The summed E-state index contributed by atoms with van der Waals surface area (Å²) >= 11 is 5.86. The number of amides is 1. The number of halogens is 1. The molecular weight excluding hydrogens is 338 g/mol. The van der Waals surface area contributed by atoms with Crippen LogP contribution < -0.4 is 9.62 Å². The lowest BCUT2D eigenvalue weighted by atomic mass is 10.1. The molecule has 0 bridgehead atoms. The first kappa shape index (κ1) is 18.2. The smallest absolute Gasteiger partial charge is 0.279 e. The minimum Gasteiger partial charge on any atom is -0.312 e. The van der Waals surface area contributed by atoms with E-state index >= 15 is 0 Å². The summed E-state index contributed by atoms with van der Waals surface area (Å²) in [7, 11) is -3.48. The van der Waals surface area contributed by atoms with Crippen LogP contribution >= 0.6 is 11.6 Å². The molecule has 0 aliphatic carbocycles. The molecular formula is C15H22ClN3O3S. The molecule has 0 radical (unpaired) electrons. The van der Waals surface area contributed by atoms with Crippen LogP contribution in [-0.4, -0.2) is 44.8 Å². The summed E-state index contributed by atoms with van der Waals surface area (Å²) in [5, 5.41) is 0.615. The molecule has 1 saturated heterocycles. The van der Waals surface area contributed by atoms with Gasteiger partial charge in [-0.2, -0.15) is 12.7 Å². The van der Waals surface area contributed by atoms with Gasteiger partial charge in [-0.15, -0.1) is 0 Å². The third-order valence-corrected chi connectivity index (χ3v) is 5.92. The molecule has 6 nitrogen and oxygen atoms in total. The quantitative estimate of drug-likeness (QED) is 0.808. The Kier molecular flexibility index (Phi) is 6.02. The first-order valence-electron chi connectivity index (χ1n) is 7.68. The van der Waals surface area contributed by atoms with E-state index in [1.165, 1.54) is 4.31 Å². The molecule has 0 saturated carbocycles. The Morgan fingerprint density at radius 3 is 2.43 bits per heavy atom. The summed E-state index contributed by atoms with van der Waals surface area (Å²) in [6.07, 6.45) is 0.337. The Morgan fingerprint density at radius 2 is 1.87 bits per heavy atom. The third-order valence-electron chi connectivity index (χ3n) is 3.94. The first-order chi connectivity index (χ1) is 10.9. The van der Waals surface area contributed by atoms with Gasteiger partial charge in [0.15, 0.2) is 0 Å². The summed E-state index contributed by atoms with van der Waals surface area (Å²) in [6, 6.07) is 7.06. The van der Waals surface area contributed by atoms with Crippen LogP contribution in [0.2, 0.25) is 5.02 Å². The Morgan fingerprint density at radius 1 is 1.26 bits per heavy atom. The van der Waals surface area contributed by atoms with Crippen molar-refractivity contribution in [3.05, 3.63) is 29.3 Å². The molecule has 1 unspecified atom stereocenters. The maximum atomic E-state index is 12.1. The predicted octanol–water partition coefficient (Wildman–Crippen LogP) is 1.87. The molecule has 1 N–H and O–H groups in total. The van der Waals surface area contributed by atoms with E-state index in [1.54, 1.807) is 43.0 Å². The predicted molar refractivity (Wildman–Crippen MR) is 91.8 cm³/mol. The average molecular weight is 360 g/mol. The normalized spacial score (nSPS) is 18.9. The van der Waals surface area contributed by atoms with E-state index in [0.29, 0.717) is 31.1 Å². The molecule has 1 atom stereocenters. The fourth-order valence-corrected chi connectivity index (χ4v) is 4.10. The van der Waals surface area contributed by atoms with Gasteiger partial charge in [0, 0.05) is 43.3 Å². The fourth-order valence-electron chi connectivity index (χ4n) is 2.67. The Hall–Kier alpha value is -1.15. The molecule has 1 fully saturated rings. The van der Waals surface area contributed by atoms with Gasteiger partial charge in [0.1, 0.15) is 0 Å². The maximum absolute atomic E-state index is 12.1. The van der Waals surface area contributed by atoms with Crippen molar-refractivity contribution in [2.45, 2.75) is 20.3 Å². The highest BCUT2D eigenvalue weighted by Gasteiger charge is 2.31. The van der Waals surface area contributed by atoms with Crippen molar-refractivity contribution in [2.24, 2.45) is 5.92 Å². The van der Waals surface area contributed by atoms with Crippen LogP contribution in [-0.2, 0) is 15.0 Å². The lowest BCUT2D eigenvalue weighted by Crippen LogP contribution is -2.42. The highest BCUT2D eigenvalue weighted by Crippen LogP contribution is 2.26. The monoisotopic (exact) mass is 359 g/mol. The minimum absolute atomic E-state index is 0.000593. The standard InChI is InChI=1S/C15H22ClN3O3S/c1-3-18(4-2)23(21,22)17-10-12-9-15(20)19(11-12)14-7-5-13(16)6-8-14/h5-8,12,17H,3-4,9-11H2,1-2H3. The van der Waals surface area contributed by atoms with Crippen molar-refractivity contribution < 1.29 is 13.2 Å². The average Bonchev–Trinajstić information content (AvgIpc) is 2.88. The van der Waals surface area contributed by atoms with Crippen LogP contribution in [0.1, 0.15) is 20.3 Å². The number of carbonyl (C=O) groups excluding carboxylic acids is 1. The van der Waals surface area contributed by atoms with Gasteiger partial charge in [0.05, 0.1) is 0 Å². The van der Waals surface area contributed by atoms with Gasteiger partial charge >= 0.3 is 0 Å². The van der Waals surface area contributed by atoms with Crippen molar-refractivity contribution in [3.63, 3.8) is 0 Å². The number of hydrogen-bond acceptors (Lipinski definition) is 3. The number of benzene rings is 1. The zero-order chi connectivity index (χ0) is 17.0. The second-order valence-electron chi connectivity index (χ2n) is 5.49. The molecule has 1 aliphatic heterocycles. The SMILES string of the molecule is CCN(CC)S(=O)(=O)NCC1CC(=O)N(c2ccc(Cl)cc2)C1. The topological polar surface area (TPSA) is 69.7 Å². The van der Waals surface area contributed by atoms with Gasteiger partial charge in [0.2, 0.25) is 5.91 Å². The highest BCUT2D eigenvalue weighted by molar-refractivity contribution is 7.87. The Bertz CT molecular complexity index is 644. The lowest BCUT2D eigenvalue weighted by Gasteiger charge is -2.20. The summed E-state index contributed by atoms with van der Waals surface area (Å²) in [5.41, 5.74) is 0.786. The van der Waals surface area contributed by atoms with Crippen LogP contribution in [0.4, 0.5) is 5.69 Å². The van der Waals surface area contributed by atoms with Crippen LogP contribution in [0.5, 0.6) is 0 Å². The summed E-state index contributed by atoms with van der Waals surface area (Å²) < 4.78 is 28.2. The summed E-state index contributed by atoms with van der Waals surface area (Å²) in [5.74, 6) is -0.0390. The number of carbonyl (C=O) groups is 1. The highest BCUT2D eigenvalue weighted by atomic mass is 35.5. The van der Waals surface area contributed by atoms with E-state index in [-0.39, 0.29) is 18.4 Å². The number of hydrogen-bond donors (Lipinski definition) is 1.